The van der Waals surface area contributed by atoms with Gasteiger partial charge in [0.05, 0.1) is 10.6 Å². The molecule has 1 rings (SSSR count). The minimum atomic E-state index is -1.31. The number of nitrogens with one attached hydrogen (secondary N) is 1. The van der Waals surface area contributed by atoms with Crippen molar-refractivity contribution in [2.45, 2.75) is 18.9 Å². The van der Waals surface area contributed by atoms with Gasteiger partial charge in [0.15, 0.2) is 0 Å². The number of aromatic nitrogens is 1. The predicted octanol–water partition coefficient (Wildman–Crippen LogP) is 0.783. The van der Waals surface area contributed by atoms with Gasteiger partial charge in [0, 0.05) is 18.8 Å². The van der Waals surface area contributed by atoms with E-state index < -0.39 is 23.9 Å². The van der Waals surface area contributed by atoms with Crippen LogP contribution < -0.4 is 5.32 Å². The highest BCUT2D eigenvalue weighted by molar-refractivity contribution is 6.33. The highest BCUT2D eigenvalue weighted by Crippen LogP contribution is 2.13. The molecule has 0 radical (unpaired) electrons. The molecule has 0 saturated heterocycles. The zero-order chi connectivity index (χ0) is 14.4. The smallest absolute Gasteiger partial charge is 0.326 e. The molecule has 102 valence electrons. The number of hydrogen-bond donors (Lipinski definition) is 3. The quantitative estimate of drug-likeness (QED) is 0.711. The molecule has 3 N–H and O–H groups in total. The van der Waals surface area contributed by atoms with Gasteiger partial charge in [-0.15, -0.1) is 0 Å². The molecule has 1 amide bonds. The van der Waals surface area contributed by atoms with Crippen LogP contribution in [0.1, 0.15) is 23.2 Å². The van der Waals surface area contributed by atoms with Crippen LogP contribution in [0.2, 0.25) is 5.02 Å². The van der Waals surface area contributed by atoms with Crippen molar-refractivity contribution in [3.05, 3.63) is 29.0 Å². The van der Waals surface area contributed by atoms with E-state index in [0.717, 1.165) is 0 Å². The number of rotatable bonds is 6. The van der Waals surface area contributed by atoms with Crippen LogP contribution in [0.5, 0.6) is 0 Å². The Morgan fingerprint density at radius 3 is 2.58 bits per heavy atom. The van der Waals surface area contributed by atoms with Gasteiger partial charge in [-0.3, -0.25) is 14.6 Å². The molecule has 19 heavy (non-hydrogen) atoms. The Balaban J connectivity index is 2.74. The van der Waals surface area contributed by atoms with E-state index in [2.05, 4.69) is 10.3 Å². The molecule has 0 spiro atoms. The molecular weight excluding hydrogens is 276 g/mol. The summed E-state index contributed by atoms with van der Waals surface area (Å²) in [6.07, 6.45) is 2.01. The van der Waals surface area contributed by atoms with Gasteiger partial charge in [-0.05, 0) is 12.5 Å². The van der Waals surface area contributed by atoms with Gasteiger partial charge in [0.25, 0.3) is 5.91 Å². The maximum atomic E-state index is 11.8. The van der Waals surface area contributed by atoms with E-state index in [1.165, 1.54) is 18.5 Å². The zero-order valence-electron chi connectivity index (χ0n) is 9.67. The molecule has 0 aromatic carbocycles. The van der Waals surface area contributed by atoms with Gasteiger partial charge in [0.1, 0.15) is 6.04 Å². The third-order valence-corrected chi connectivity index (χ3v) is 2.59. The monoisotopic (exact) mass is 286 g/mol. The number of carbonyl (C=O) groups is 3. The third kappa shape index (κ3) is 4.55. The van der Waals surface area contributed by atoms with Crippen LogP contribution in [-0.4, -0.2) is 39.1 Å². The van der Waals surface area contributed by atoms with Crippen molar-refractivity contribution in [2.75, 3.05) is 0 Å². The van der Waals surface area contributed by atoms with Crippen LogP contribution in [0.3, 0.4) is 0 Å². The van der Waals surface area contributed by atoms with Crippen molar-refractivity contribution in [1.29, 1.82) is 0 Å². The molecule has 0 aliphatic heterocycles. The van der Waals surface area contributed by atoms with E-state index in [1.807, 2.05) is 0 Å². The lowest BCUT2D eigenvalue weighted by molar-refractivity contribution is -0.140. The molecule has 1 unspecified atom stereocenters. The molecule has 0 saturated carbocycles. The maximum absolute atomic E-state index is 11.8. The number of aliphatic carboxylic acids is 2. The molecule has 8 heteroatoms. The molecule has 7 nitrogen and oxygen atoms in total. The molecule has 1 atom stereocenters. The summed E-state index contributed by atoms with van der Waals surface area (Å²) in [5.41, 5.74) is 0.0331. The fraction of sp³-hybridized carbons (Fsp3) is 0.273. The number of carbonyl (C=O) groups excluding carboxylic acids is 1. The summed E-state index contributed by atoms with van der Waals surface area (Å²) in [5.74, 6) is -3.16. The number of pyridine rings is 1. The predicted molar refractivity (Wildman–Crippen MR) is 65.0 cm³/mol. The Morgan fingerprint density at radius 1 is 1.37 bits per heavy atom. The van der Waals surface area contributed by atoms with Crippen molar-refractivity contribution >= 4 is 29.4 Å². The van der Waals surface area contributed by atoms with Crippen LogP contribution in [-0.2, 0) is 9.59 Å². The minimum Gasteiger partial charge on any atom is -0.481 e. The van der Waals surface area contributed by atoms with Gasteiger partial charge >= 0.3 is 11.9 Å². The number of halogens is 1. The Hall–Kier alpha value is -2.15. The molecule has 0 fully saturated rings. The second-order valence-electron chi connectivity index (χ2n) is 3.65. The fourth-order valence-corrected chi connectivity index (χ4v) is 1.50. The second-order valence-corrected chi connectivity index (χ2v) is 4.06. The van der Waals surface area contributed by atoms with Crippen LogP contribution in [0.4, 0.5) is 0 Å². The van der Waals surface area contributed by atoms with Crippen molar-refractivity contribution in [3.8, 4) is 0 Å². The van der Waals surface area contributed by atoms with Crippen LogP contribution in [0.25, 0.3) is 0 Å². The molecule has 0 bridgehead atoms. The lowest BCUT2D eigenvalue weighted by Crippen LogP contribution is -2.41. The molecular formula is C11H11ClN2O5. The molecule has 1 heterocycles. The Labute approximate surface area is 113 Å². The standard InChI is InChI=1S/C11H11ClN2O5/c12-7-3-4-13-5-6(7)10(17)14-8(11(18)19)1-2-9(15)16/h3-5,8H,1-2H2,(H,14,17)(H,15,16)(H,18,19). The topological polar surface area (TPSA) is 117 Å². The second kappa shape index (κ2) is 6.69. The first kappa shape index (κ1) is 14.9. The first-order chi connectivity index (χ1) is 8.91. The van der Waals surface area contributed by atoms with E-state index in [9.17, 15) is 14.4 Å². The minimum absolute atomic E-state index is 0.0331. The molecule has 1 aromatic rings. The summed E-state index contributed by atoms with van der Waals surface area (Å²) >= 11 is 5.77. The van der Waals surface area contributed by atoms with Gasteiger partial charge in [-0.1, -0.05) is 11.6 Å². The molecule has 0 aliphatic carbocycles. The summed E-state index contributed by atoms with van der Waals surface area (Å²) < 4.78 is 0. The third-order valence-electron chi connectivity index (χ3n) is 2.26. The Kier molecular flexibility index (Phi) is 5.25. The largest absolute Gasteiger partial charge is 0.481 e. The van der Waals surface area contributed by atoms with E-state index in [0.29, 0.717) is 0 Å². The highest BCUT2D eigenvalue weighted by Gasteiger charge is 2.22. The van der Waals surface area contributed by atoms with E-state index in [-0.39, 0.29) is 23.4 Å². The number of hydrogen-bond acceptors (Lipinski definition) is 4. The summed E-state index contributed by atoms with van der Waals surface area (Å²) in [5, 5.41) is 19.7. The van der Waals surface area contributed by atoms with E-state index in [1.54, 1.807) is 0 Å². The van der Waals surface area contributed by atoms with Crippen molar-refractivity contribution < 1.29 is 24.6 Å². The van der Waals surface area contributed by atoms with E-state index in [4.69, 9.17) is 21.8 Å². The van der Waals surface area contributed by atoms with E-state index >= 15 is 0 Å². The first-order valence-electron chi connectivity index (χ1n) is 5.26. The Bertz CT molecular complexity index is 506. The summed E-state index contributed by atoms with van der Waals surface area (Å²) in [6.45, 7) is 0. The van der Waals surface area contributed by atoms with Gasteiger partial charge < -0.3 is 15.5 Å². The maximum Gasteiger partial charge on any atom is 0.326 e. The van der Waals surface area contributed by atoms with Gasteiger partial charge in [0.2, 0.25) is 0 Å². The highest BCUT2D eigenvalue weighted by atomic mass is 35.5. The average molecular weight is 287 g/mol. The van der Waals surface area contributed by atoms with Crippen LogP contribution in [0, 0.1) is 0 Å². The molecule has 0 aliphatic rings. The van der Waals surface area contributed by atoms with Crippen molar-refractivity contribution in [2.24, 2.45) is 0 Å². The SMILES string of the molecule is O=C(O)CCC(NC(=O)c1cnccc1Cl)C(=O)O. The number of nitrogens with zero attached hydrogens (tertiary/aromatic N) is 1. The zero-order valence-corrected chi connectivity index (χ0v) is 10.4. The van der Waals surface area contributed by atoms with Crippen LogP contribution >= 0.6 is 11.6 Å². The summed E-state index contributed by atoms with van der Waals surface area (Å²) in [6, 6.07) is 0.101. The normalized spacial score (nSPS) is 11.6. The van der Waals surface area contributed by atoms with Gasteiger partial charge in [-0.2, -0.15) is 0 Å². The van der Waals surface area contributed by atoms with Crippen molar-refractivity contribution in [3.63, 3.8) is 0 Å². The van der Waals surface area contributed by atoms with Gasteiger partial charge in [-0.25, -0.2) is 4.79 Å². The molecule has 1 aromatic heterocycles. The lowest BCUT2D eigenvalue weighted by Gasteiger charge is -2.13. The number of carboxylic acids is 2. The van der Waals surface area contributed by atoms with Crippen molar-refractivity contribution in [1.82, 2.24) is 10.3 Å². The first-order valence-corrected chi connectivity index (χ1v) is 5.64. The number of carboxylic acid groups (broad SMARTS) is 2. The fourth-order valence-electron chi connectivity index (χ4n) is 1.31. The summed E-state index contributed by atoms with van der Waals surface area (Å²) in [7, 11) is 0. The average Bonchev–Trinajstić information content (AvgIpc) is 2.34. The summed E-state index contributed by atoms with van der Waals surface area (Å²) in [4.78, 5) is 36.8. The Morgan fingerprint density at radius 2 is 2.05 bits per heavy atom. The van der Waals surface area contributed by atoms with Crippen LogP contribution in [0.15, 0.2) is 18.5 Å². The lowest BCUT2D eigenvalue weighted by atomic mass is 10.1. The number of amides is 1.